The van der Waals surface area contributed by atoms with Crippen molar-refractivity contribution in [2.75, 3.05) is 17.2 Å². The summed E-state index contributed by atoms with van der Waals surface area (Å²) >= 11 is 0. The zero-order valence-corrected chi connectivity index (χ0v) is 11.0. The fourth-order valence-corrected chi connectivity index (χ4v) is 2.62. The number of fused-ring (bicyclic) bond motifs is 1. The Labute approximate surface area is 116 Å². The number of nitrogens with zero attached hydrogens (tertiary/aromatic N) is 2. The molecular formula is C15H15N3O2. The van der Waals surface area contributed by atoms with Crippen LogP contribution in [0.15, 0.2) is 42.5 Å². The van der Waals surface area contributed by atoms with E-state index in [9.17, 15) is 10.1 Å². The molecular weight excluding hydrogens is 254 g/mol. The van der Waals surface area contributed by atoms with Crippen molar-refractivity contribution in [3.63, 3.8) is 0 Å². The monoisotopic (exact) mass is 269 g/mol. The maximum absolute atomic E-state index is 10.9. The van der Waals surface area contributed by atoms with Crippen LogP contribution in [0.4, 0.5) is 17.1 Å². The summed E-state index contributed by atoms with van der Waals surface area (Å²) in [6, 6.07) is 13.1. The minimum atomic E-state index is -0.405. The second-order valence-corrected chi connectivity index (χ2v) is 4.98. The summed E-state index contributed by atoms with van der Waals surface area (Å²) in [4.78, 5) is 12.6. The van der Waals surface area contributed by atoms with Gasteiger partial charge in [-0.3, -0.25) is 10.1 Å². The highest BCUT2D eigenvalue weighted by Crippen LogP contribution is 2.29. The first-order valence-electron chi connectivity index (χ1n) is 6.50. The van der Waals surface area contributed by atoms with Gasteiger partial charge in [0.15, 0.2) is 0 Å². The number of nitrogens with two attached hydrogens (primary N) is 1. The largest absolute Gasteiger partial charge is 0.398 e. The molecule has 0 radical (unpaired) electrons. The number of anilines is 2. The summed E-state index contributed by atoms with van der Waals surface area (Å²) in [6.07, 6.45) is 0.943. The van der Waals surface area contributed by atoms with Gasteiger partial charge in [-0.15, -0.1) is 0 Å². The van der Waals surface area contributed by atoms with E-state index in [1.54, 1.807) is 12.1 Å². The van der Waals surface area contributed by atoms with Crippen LogP contribution in [-0.2, 0) is 13.0 Å². The number of nitrogen functional groups attached to an aromatic ring is 1. The van der Waals surface area contributed by atoms with E-state index >= 15 is 0 Å². The lowest BCUT2D eigenvalue weighted by molar-refractivity contribution is -0.384. The van der Waals surface area contributed by atoms with Crippen molar-refractivity contribution < 1.29 is 4.92 Å². The molecule has 3 rings (SSSR count). The standard InChI is InChI=1S/C15H15N3O2/c16-13-7-14(9-15(8-13)18(19)20)17-6-5-11-3-1-2-4-12(11)10-17/h1-4,7-9H,5-6,10,16H2. The summed E-state index contributed by atoms with van der Waals surface area (Å²) in [5.41, 5.74) is 9.66. The number of nitro groups is 1. The Morgan fingerprint density at radius 2 is 1.90 bits per heavy atom. The summed E-state index contributed by atoms with van der Waals surface area (Å²) in [7, 11) is 0. The lowest BCUT2D eigenvalue weighted by Gasteiger charge is -2.30. The van der Waals surface area contributed by atoms with Crippen LogP contribution in [0.1, 0.15) is 11.1 Å². The second kappa shape index (κ2) is 4.85. The minimum absolute atomic E-state index is 0.0406. The fraction of sp³-hybridized carbons (Fsp3) is 0.200. The number of hydrogen-bond acceptors (Lipinski definition) is 4. The van der Waals surface area contributed by atoms with Crippen molar-refractivity contribution in [1.29, 1.82) is 0 Å². The molecule has 5 nitrogen and oxygen atoms in total. The first-order valence-corrected chi connectivity index (χ1v) is 6.50. The molecule has 1 aliphatic heterocycles. The third-order valence-corrected chi connectivity index (χ3v) is 3.63. The molecule has 0 unspecified atom stereocenters. The van der Waals surface area contributed by atoms with Crippen molar-refractivity contribution >= 4 is 17.1 Å². The third kappa shape index (κ3) is 2.30. The van der Waals surface area contributed by atoms with Gasteiger partial charge in [-0.05, 0) is 23.6 Å². The molecule has 0 aliphatic carbocycles. The Morgan fingerprint density at radius 1 is 1.15 bits per heavy atom. The molecule has 0 spiro atoms. The van der Waals surface area contributed by atoms with E-state index in [4.69, 9.17) is 5.73 Å². The SMILES string of the molecule is Nc1cc(N2CCc3ccccc3C2)cc([N+](=O)[O-])c1. The van der Waals surface area contributed by atoms with E-state index in [-0.39, 0.29) is 5.69 Å². The quantitative estimate of drug-likeness (QED) is 0.517. The molecule has 1 aliphatic rings. The minimum Gasteiger partial charge on any atom is -0.398 e. The van der Waals surface area contributed by atoms with Crippen molar-refractivity contribution in [3.8, 4) is 0 Å². The Kier molecular flexibility index (Phi) is 3.02. The predicted octanol–water partition coefficient (Wildman–Crippen LogP) is 2.74. The topological polar surface area (TPSA) is 72.4 Å². The zero-order chi connectivity index (χ0) is 14.1. The molecule has 5 heteroatoms. The molecule has 2 N–H and O–H groups in total. The van der Waals surface area contributed by atoms with Gasteiger partial charge >= 0.3 is 0 Å². The van der Waals surface area contributed by atoms with Gasteiger partial charge in [-0.1, -0.05) is 24.3 Å². The first kappa shape index (κ1) is 12.5. The van der Waals surface area contributed by atoms with E-state index in [0.717, 1.165) is 25.2 Å². The van der Waals surface area contributed by atoms with E-state index < -0.39 is 4.92 Å². The summed E-state index contributed by atoms with van der Waals surface area (Å²) in [6.45, 7) is 1.61. The van der Waals surface area contributed by atoms with E-state index in [1.807, 2.05) is 12.1 Å². The molecule has 2 aromatic rings. The van der Waals surface area contributed by atoms with E-state index in [2.05, 4.69) is 17.0 Å². The third-order valence-electron chi connectivity index (χ3n) is 3.63. The molecule has 1 heterocycles. The molecule has 0 atom stereocenters. The normalized spacial score (nSPS) is 13.9. The smallest absolute Gasteiger partial charge is 0.273 e. The van der Waals surface area contributed by atoms with Crippen LogP contribution >= 0.6 is 0 Å². The van der Waals surface area contributed by atoms with Crippen molar-refractivity contribution in [2.24, 2.45) is 0 Å². The Hall–Kier alpha value is -2.56. The van der Waals surface area contributed by atoms with Gasteiger partial charge < -0.3 is 10.6 Å². The Morgan fingerprint density at radius 3 is 2.65 bits per heavy atom. The average molecular weight is 269 g/mol. The highest BCUT2D eigenvalue weighted by molar-refractivity contribution is 5.63. The van der Waals surface area contributed by atoms with Gasteiger partial charge in [0, 0.05) is 36.6 Å². The number of benzene rings is 2. The summed E-state index contributed by atoms with van der Waals surface area (Å²) < 4.78 is 0. The average Bonchev–Trinajstić information content (AvgIpc) is 2.46. The molecule has 0 saturated carbocycles. The second-order valence-electron chi connectivity index (χ2n) is 4.98. The molecule has 102 valence electrons. The molecule has 0 aromatic heterocycles. The zero-order valence-electron chi connectivity index (χ0n) is 11.0. The Bertz CT molecular complexity index is 670. The molecule has 0 saturated heterocycles. The highest BCUT2D eigenvalue weighted by atomic mass is 16.6. The maximum atomic E-state index is 10.9. The first-order chi connectivity index (χ1) is 9.63. The van der Waals surface area contributed by atoms with E-state index in [1.165, 1.54) is 17.2 Å². The van der Waals surface area contributed by atoms with Crippen LogP contribution in [0.2, 0.25) is 0 Å². The van der Waals surface area contributed by atoms with Crippen LogP contribution in [-0.4, -0.2) is 11.5 Å². The lowest BCUT2D eigenvalue weighted by atomic mass is 9.99. The summed E-state index contributed by atoms with van der Waals surface area (Å²) in [5, 5.41) is 10.9. The van der Waals surface area contributed by atoms with Gasteiger partial charge in [0.05, 0.1) is 4.92 Å². The molecule has 0 amide bonds. The fourth-order valence-electron chi connectivity index (χ4n) is 2.62. The van der Waals surface area contributed by atoms with Crippen molar-refractivity contribution in [3.05, 3.63) is 63.7 Å². The van der Waals surface area contributed by atoms with Gasteiger partial charge in [-0.25, -0.2) is 0 Å². The Balaban J connectivity index is 1.93. The number of non-ortho nitro benzene ring substituents is 1. The maximum Gasteiger partial charge on any atom is 0.273 e. The van der Waals surface area contributed by atoms with Gasteiger partial charge in [0.1, 0.15) is 0 Å². The van der Waals surface area contributed by atoms with Crippen LogP contribution in [0.5, 0.6) is 0 Å². The number of hydrogen-bond donors (Lipinski definition) is 1. The van der Waals surface area contributed by atoms with Crippen LogP contribution in [0, 0.1) is 10.1 Å². The predicted molar refractivity (Wildman–Crippen MR) is 78.7 cm³/mol. The molecule has 0 fully saturated rings. The lowest BCUT2D eigenvalue weighted by Crippen LogP contribution is -2.30. The highest BCUT2D eigenvalue weighted by Gasteiger charge is 2.18. The van der Waals surface area contributed by atoms with Crippen molar-refractivity contribution in [1.82, 2.24) is 0 Å². The van der Waals surface area contributed by atoms with Gasteiger partial charge in [0.2, 0.25) is 0 Å². The van der Waals surface area contributed by atoms with Crippen LogP contribution < -0.4 is 10.6 Å². The van der Waals surface area contributed by atoms with E-state index in [0.29, 0.717) is 5.69 Å². The number of nitro benzene ring substituents is 1. The van der Waals surface area contributed by atoms with Gasteiger partial charge in [-0.2, -0.15) is 0 Å². The van der Waals surface area contributed by atoms with Crippen LogP contribution in [0.25, 0.3) is 0 Å². The number of rotatable bonds is 2. The molecule has 20 heavy (non-hydrogen) atoms. The molecule has 2 aromatic carbocycles. The van der Waals surface area contributed by atoms with Gasteiger partial charge in [0.25, 0.3) is 5.69 Å². The summed E-state index contributed by atoms with van der Waals surface area (Å²) in [5.74, 6) is 0. The van der Waals surface area contributed by atoms with Crippen molar-refractivity contribution in [2.45, 2.75) is 13.0 Å². The molecule has 0 bridgehead atoms. The van der Waals surface area contributed by atoms with Crippen LogP contribution in [0.3, 0.4) is 0 Å².